The van der Waals surface area contributed by atoms with Gasteiger partial charge < -0.3 is 5.32 Å². The molecule has 1 unspecified atom stereocenters. The molecule has 128 valence electrons. The summed E-state index contributed by atoms with van der Waals surface area (Å²) in [6.07, 6.45) is 6.91. The maximum atomic E-state index is 11.9. The highest BCUT2D eigenvalue weighted by Gasteiger charge is 2.24. The Morgan fingerprint density at radius 3 is 2.92 bits per heavy atom. The van der Waals surface area contributed by atoms with Crippen molar-refractivity contribution in [2.75, 3.05) is 13.6 Å². The molecule has 2 aromatic rings. The van der Waals surface area contributed by atoms with Crippen LogP contribution in [0.5, 0.6) is 0 Å². The molecule has 1 aliphatic rings. The molecule has 0 saturated carbocycles. The average molecular weight is 326 g/mol. The van der Waals surface area contributed by atoms with Crippen LogP contribution in [0.3, 0.4) is 0 Å². The Balaban J connectivity index is 1.81. The lowest BCUT2D eigenvalue weighted by Gasteiger charge is -2.29. The minimum Gasteiger partial charge on any atom is -0.355 e. The van der Waals surface area contributed by atoms with E-state index in [0.29, 0.717) is 6.04 Å². The van der Waals surface area contributed by atoms with Crippen LogP contribution in [0, 0.1) is 0 Å². The van der Waals surface area contributed by atoms with Gasteiger partial charge in [0.1, 0.15) is 0 Å². The topological polar surface area (TPSA) is 50.2 Å². The van der Waals surface area contributed by atoms with Gasteiger partial charge in [0, 0.05) is 32.4 Å². The molecule has 5 heteroatoms. The minimum absolute atomic E-state index is 0.0333. The quantitative estimate of drug-likeness (QED) is 0.940. The van der Waals surface area contributed by atoms with Crippen LogP contribution in [0.25, 0.3) is 0 Å². The lowest BCUT2D eigenvalue weighted by molar-refractivity contribution is 0.0963. The maximum Gasteiger partial charge on any atom is 0.251 e. The maximum absolute atomic E-state index is 11.9. The third-order valence-corrected chi connectivity index (χ3v) is 4.74. The van der Waals surface area contributed by atoms with Gasteiger partial charge in [-0.2, -0.15) is 5.10 Å². The lowest BCUT2D eigenvalue weighted by atomic mass is 10.0. The molecule has 3 rings (SSSR count). The van der Waals surface area contributed by atoms with E-state index in [1.807, 2.05) is 36.1 Å². The number of benzene rings is 1. The molecule has 1 aliphatic heterocycles. The fourth-order valence-corrected chi connectivity index (χ4v) is 3.49. The van der Waals surface area contributed by atoms with Crippen molar-refractivity contribution in [1.29, 1.82) is 0 Å². The Kier molecular flexibility index (Phi) is 5.30. The Morgan fingerprint density at radius 2 is 2.17 bits per heavy atom. The fourth-order valence-electron chi connectivity index (χ4n) is 3.49. The second kappa shape index (κ2) is 7.62. The van der Waals surface area contributed by atoms with E-state index >= 15 is 0 Å². The lowest BCUT2D eigenvalue weighted by Crippen LogP contribution is -2.28. The minimum atomic E-state index is -0.0333. The van der Waals surface area contributed by atoms with E-state index in [-0.39, 0.29) is 5.91 Å². The molecule has 0 aliphatic carbocycles. The summed E-state index contributed by atoms with van der Waals surface area (Å²) in [7, 11) is 3.64. The molecule has 1 fully saturated rings. The average Bonchev–Trinajstić information content (AvgIpc) is 2.89. The van der Waals surface area contributed by atoms with Crippen LogP contribution in [-0.4, -0.2) is 34.2 Å². The van der Waals surface area contributed by atoms with Crippen LogP contribution in [0.2, 0.25) is 0 Å². The number of aromatic nitrogens is 2. The molecule has 0 spiro atoms. The zero-order valence-electron chi connectivity index (χ0n) is 14.5. The van der Waals surface area contributed by atoms with Crippen molar-refractivity contribution in [3.05, 3.63) is 53.3 Å². The molecule has 1 saturated heterocycles. The van der Waals surface area contributed by atoms with Gasteiger partial charge in [0.15, 0.2) is 0 Å². The van der Waals surface area contributed by atoms with Gasteiger partial charge in [-0.05, 0) is 43.1 Å². The highest BCUT2D eigenvalue weighted by Crippen LogP contribution is 2.30. The van der Waals surface area contributed by atoms with Crippen molar-refractivity contribution < 1.29 is 4.79 Å². The van der Waals surface area contributed by atoms with Gasteiger partial charge in [-0.15, -0.1) is 0 Å². The molecule has 24 heavy (non-hydrogen) atoms. The number of hydrogen-bond acceptors (Lipinski definition) is 3. The van der Waals surface area contributed by atoms with E-state index < -0.39 is 0 Å². The van der Waals surface area contributed by atoms with Crippen LogP contribution in [-0.2, 0) is 13.6 Å². The van der Waals surface area contributed by atoms with E-state index in [2.05, 4.69) is 27.4 Å². The van der Waals surface area contributed by atoms with Crippen molar-refractivity contribution in [2.24, 2.45) is 7.05 Å². The van der Waals surface area contributed by atoms with E-state index in [1.165, 1.54) is 24.8 Å². The highest BCUT2D eigenvalue weighted by molar-refractivity contribution is 5.94. The molecule has 0 radical (unpaired) electrons. The molecule has 1 N–H and O–H groups in total. The number of nitrogens with zero attached hydrogens (tertiary/aromatic N) is 3. The fraction of sp³-hybridized carbons (Fsp3) is 0.474. The Hall–Kier alpha value is -2.14. The number of likely N-dealkylation sites (tertiary alicyclic amines) is 1. The summed E-state index contributed by atoms with van der Waals surface area (Å²) in [4.78, 5) is 14.4. The summed E-state index contributed by atoms with van der Waals surface area (Å²) in [5.41, 5.74) is 3.06. The van der Waals surface area contributed by atoms with Gasteiger partial charge >= 0.3 is 0 Å². The van der Waals surface area contributed by atoms with E-state index in [4.69, 9.17) is 0 Å². The van der Waals surface area contributed by atoms with Crippen molar-refractivity contribution in [2.45, 2.75) is 38.3 Å². The van der Waals surface area contributed by atoms with Gasteiger partial charge in [0.2, 0.25) is 0 Å². The molecular weight excluding hydrogens is 300 g/mol. The third-order valence-electron chi connectivity index (χ3n) is 4.74. The van der Waals surface area contributed by atoms with Crippen molar-refractivity contribution >= 4 is 5.91 Å². The number of aryl methyl sites for hydroxylation is 1. The van der Waals surface area contributed by atoms with Crippen LogP contribution >= 0.6 is 0 Å². The number of carbonyl (C=O) groups excluding carboxylic acids is 1. The summed E-state index contributed by atoms with van der Waals surface area (Å²) in [6.45, 7) is 1.93. The molecule has 1 aromatic heterocycles. The van der Waals surface area contributed by atoms with Crippen LogP contribution in [0.4, 0.5) is 0 Å². The van der Waals surface area contributed by atoms with Gasteiger partial charge in [0.25, 0.3) is 5.91 Å². The zero-order chi connectivity index (χ0) is 16.9. The number of nitrogens with one attached hydrogen (secondary N) is 1. The zero-order valence-corrected chi connectivity index (χ0v) is 14.5. The number of carbonyl (C=O) groups is 1. The summed E-state index contributed by atoms with van der Waals surface area (Å²) >= 11 is 0. The standard InChI is InChI=1S/C19H26N4O/c1-20-19(24)16-8-6-7-15(13-16)14-23-11-5-3-4-9-18(23)17-10-12-22(2)21-17/h6-8,10,12-13,18H,3-5,9,11,14H2,1-2H3,(H,20,24). The molecule has 1 atom stereocenters. The molecule has 2 heterocycles. The predicted octanol–water partition coefficient (Wildman–Crippen LogP) is 2.90. The molecule has 1 amide bonds. The first-order chi connectivity index (χ1) is 11.7. The van der Waals surface area contributed by atoms with Crippen molar-refractivity contribution in [1.82, 2.24) is 20.0 Å². The Labute approximate surface area is 143 Å². The third kappa shape index (κ3) is 3.85. The van der Waals surface area contributed by atoms with Gasteiger partial charge in [-0.1, -0.05) is 25.0 Å². The van der Waals surface area contributed by atoms with E-state index in [0.717, 1.165) is 30.8 Å². The van der Waals surface area contributed by atoms with E-state index in [1.54, 1.807) is 7.05 Å². The molecule has 0 bridgehead atoms. The monoisotopic (exact) mass is 326 g/mol. The number of rotatable bonds is 4. The predicted molar refractivity (Wildman–Crippen MR) is 94.7 cm³/mol. The molecule has 1 aromatic carbocycles. The second-order valence-electron chi connectivity index (χ2n) is 6.53. The largest absolute Gasteiger partial charge is 0.355 e. The Morgan fingerprint density at radius 1 is 1.29 bits per heavy atom. The second-order valence-corrected chi connectivity index (χ2v) is 6.53. The van der Waals surface area contributed by atoms with Crippen molar-refractivity contribution in [3.63, 3.8) is 0 Å². The smallest absolute Gasteiger partial charge is 0.251 e. The van der Waals surface area contributed by atoms with Crippen molar-refractivity contribution in [3.8, 4) is 0 Å². The number of amides is 1. The summed E-state index contributed by atoms with van der Waals surface area (Å²) in [5, 5.41) is 7.33. The Bertz CT molecular complexity index is 694. The van der Waals surface area contributed by atoms with Crippen LogP contribution < -0.4 is 5.32 Å². The molecular formula is C19H26N4O. The highest BCUT2D eigenvalue weighted by atomic mass is 16.1. The number of hydrogen-bond donors (Lipinski definition) is 1. The summed E-state index contributed by atoms with van der Waals surface area (Å²) in [5.74, 6) is -0.0333. The van der Waals surface area contributed by atoms with Gasteiger partial charge in [0.05, 0.1) is 11.7 Å². The van der Waals surface area contributed by atoms with Crippen LogP contribution in [0.1, 0.15) is 53.3 Å². The van der Waals surface area contributed by atoms with Gasteiger partial charge in [-0.25, -0.2) is 0 Å². The normalized spacial score (nSPS) is 19.0. The first-order valence-electron chi connectivity index (χ1n) is 8.72. The van der Waals surface area contributed by atoms with E-state index in [9.17, 15) is 4.79 Å². The first-order valence-corrected chi connectivity index (χ1v) is 8.72. The molecule has 5 nitrogen and oxygen atoms in total. The summed E-state index contributed by atoms with van der Waals surface area (Å²) < 4.78 is 1.88. The SMILES string of the molecule is CNC(=O)c1cccc(CN2CCCCCC2c2ccn(C)n2)c1. The van der Waals surface area contributed by atoms with Crippen LogP contribution in [0.15, 0.2) is 36.5 Å². The van der Waals surface area contributed by atoms with Gasteiger partial charge in [-0.3, -0.25) is 14.4 Å². The summed E-state index contributed by atoms with van der Waals surface area (Å²) in [6, 6.07) is 10.4. The first kappa shape index (κ1) is 16.7.